The molecular formula is C17H25N3O. The van der Waals surface area contributed by atoms with Crippen LogP contribution < -0.4 is 10.1 Å². The molecule has 1 atom stereocenters. The minimum absolute atomic E-state index is 0.0858. The van der Waals surface area contributed by atoms with Crippen molar-refractivity contribution < 1.29 is 4.74 Å². The molecule has 0 spiro atoms. The van der Waals surface area contributed by atoms with Crippen LogP contribution in [0.5, 0.6) is 5.75 Å². The van der Waals surface area contributed by atoms with Gasteiger partial charge in [-0.1, -0.05) is 31.5 Å². The minimum atomic E-state index is 0.0858. The number of rotatable bonds is 6. The van der Waals surface area contributed by atoms with Crippen molar-refractivity contribution in [1.82, 2.24) is 15.1 Å². The standard InChI is InChI=1S/C17H25N3O/c1-6-13-11-15(20(4)19-13)17(18-7-2)14-10-12(3)8-9-16(14)21-5/h8-11,17-18H,6-7H2,1-5H3. The molecule has 1 aromatic heterocycles. The summed E-state index contributed by atoms with van der Waals surface area (Å²) in [6.45, 7) is 7.23. The molecule has 2 aromatic rings. The molecule has 0 radical (unpaired) electrons. The van der Waals surface area contributed by atoms with Gasteiger partial charge in [0, 0.05) is 12.6 Å². The Balaban J connectivity index is 2.52. The zero-order chi connectivity index (χ0) is 15.4. The maximum Gasteiger partial charge on any atom is 0.124 e. The van der Waals surface area contributed by atoms with E-state index in [-0.39, 0.29) is 6.04 Å². The monoisotopic (exact) mass is 287 g/mol. The molecule has 1 heterocycles. The molecule has 1 aromatic carbocycles. The van der Waals surface area contributed by atoms with Crippen LogP contribution in [0.1, 0.15) is 42.4 Å². The SMILES string of the molecule is CCNC(c1cc(C)ccc1OC)c1cc(CC)nn1C. The van der Waals surface area contributed by atoms with E-state index in [0.29, 0.717) is 0 Å². The molecule has 1 N–H and O–H groups in total. The Morgan fingerprint density at radius 1 is 1.29 bits per heavy atom. The summed E-state index contributed by atoms with van der Waals surface area (Å²) in [4.78, 5) is 0. The third-order valence-corrected chi connectivity index (χ3v) is 3.73. The van der Waals surface area contributed by atoms with Crippen molar-refractivity contribution in [2.75, 3.05) is 13.7 Å². The van der Waals surface area contributed by atoms with Gasteiger partial charge in [-0.25, -0.2) is 0 Å². The lowest BCUT2D eigenvalue weighted by atomic mass is 9.99. The van der Waals surface area contributed by atoms with Crippen molar-refractivity contribution in [2.45, 2.75) is 33.2 Å². The van der Waals surface area contributed by atoms with Crippen molar-refractivity contribution in [3.63, 3.8) is 0 Å². The van der Waals surface area contributed by atoms with Crippen molar-refractivity contribution in [1.29, 1.82) is 0 Å². The van der Waals surface area contributed by atoms with Gasteiger partial charge in [0.05, 0.1) is 24.5 Å². The van der Waals surface area contributed by atoms with Gasteiger partial charge in [-0.3, -0.25) is 4.68 Å². The molecule has 1 unspecified atom stereocenters. The van der Waals surface area contributed by atoms with Gasteiger partial charge in [-0.2, -0.15) is 5.10 Å². The van der Waals surface area contributed by atoms with Gasteiger partial charge in [0.25, 0.3) is 0 Å². The van der Waals surface area contributed by atoms with E-state index < -0.39 is 0 Å². The van der Waals surface area contributed by atoms with E-state index in [0.717, 1.165) is 35.7 Å². The first-order chi connectivity index (χ1) is 10.1. The van der Waals surface area contributed by atoms with Crippen LogP contribution in [0.3, 0.4) is 0 Å². The summed E-state index contributed by atoms with van der Waals surface area (Å²) in [7, 11) is 3.72. The summed E-state index contributed by atoms with van der Waals surface area (Å²) < 4.78 is 7.52. The van der Waals surface area contributed by atoms with Crippen molar-refractivity contribution in [3.8, 4) is 5.75 Å². The van der Waals surface area contributed by atoms with Gasteiger partial charge < -0.3 is 10.1 Å². The Labute approximate surface area is 127 Å². The molecule has 0 aliphatic carbocycles. The molecule has 0 bridgehead atoms. The van der Waals surface area contributed by atoms with Gasteiger partial charge in [0.1, 0.15) is 5.75 Å². The van der Waals surface area contributed by atoms with E-state index in [1.54, 1.807) is 7.11 Å². The zero-order valence-corrected chi connectivity index (χ0v) is 13.6. The average Bonchev–Trinajstić information content (AvgIpc) is 2.85. The summed E-state index contributed by atoms with van der Waals surface area (Å²) >= 11 is 0. The third kappa shape index (κ3) is 3.27. The predicted octanol–water partition coefficient (Wildman–Crippen LogP) is 3.00. The second-order valence-electron chi connectivity index (χ2n) is 5.27. The molecule has 0 amide bonds. The largest absolute Gasteiger partial charge is 0.496 e. The summed E-state index contributed by atoms with van der Waals surface area (Å²) in [5.41, 5.74) is 4.66. The van der Waals surface area contributed by atoms with E-state index >= 15 is 0 Å². The average molecular weight is 287 g/mol. The van der Waals surface area contributed by atoms with Crippen LogP contribution in [0.2, 0.25) is 0 Å². The van der Waals surface area contributed by atoms with Gasteiger partial charge in [0.15, 0.2) is 0 Å². The highest BCUT2D eigenvalue weighted by Crippen LogP contribution is 2.31. The highest BCUT2D eigenvalue weighted by atomic mass is 16.5. The number of aryl methyl sites for hydroxylation is 3. The predicted molar refractivity (Wildman–Crippen MR) is 85.8 cm³/mol. The number of hydrogen-bond donors (Lipinski definition) is 1. The van der Waals surface area contributed by atoms with E-state index in [1.807, 2.05) is 17.8 Å². The molecule has 0 saturated carbocycles. The van der Waals surface area contributed by atoms with Crippen molar-refractivity contribution in [2.24, 2.45) is 7.05 Å². The molecule has 114 valence electrons. The number of ether oxygens (including phenoxy) is 1. The van der Waals surface area contributed by atoms with E-state index in [4.69, 9.17) is 4.74 Å². The van der Waals surface area contributed by atoms with Crippen LogP contribution in [0.25, 0.3) is 0 Å². The molecule has 0 fully saturated rings. The first-order valence-corrected chi connectivity index (χ1v) is 7.51. The van der Waals surface area contributed by atoms with E-state index in [2.05, 4.69) is 49.4 Å². The third-order valence-electron chi connectivity index (χ3n) is 3.73. The fourth-order valence-corrected chi connectivity index (χ4v) is 2.64. The van der Waals surface area contributed by atoms with Gasteiger partial charge in [-0.05, 0) is 32.0 Å². The number of hydrogen-bond acceptors (Lipinski definition) is 3. The Bertz CT molecular complexity index is 604. The summed E-state index contributed by atoms with van der Waals surface area (Å²) in [6, 6.07) is 8.56. The van der Waals surface area contributed by atoms with Crippen LogP contribution in [-0.2, 0) is 13.5 Å². The summed E-state index contributed by atoms with van der Waals surface area (Å²) in [5.74, 6) is 0.908. The molecule has 4 nitrogen and oxygen atoms in total. The van der Waals surface area contributed by atoms with E-state index in [1.165, 1.54) is 5.56 Å². The molecular weight excluding hydrogens is 262 g/mol. The van der Waals surface area contributed by atoms with Crippen LogP contribution >= 0.6 is 0 Å². The number of methoxy groups -OCH3 is 1. The van der Waals surface area contributed by atoms with Gasteiger partial charge >= 0.3 is 0 Å². The highest BCUT2D eigenvalue weighted by molar-refractivity contribution is 5.43. The van der Waals surface area contributed by atoms with Gasteiger partial charge in [0.2, 0.25) is 0 Å². The Hall–Kier alpha value is -1.81. The number of aromatic nitrogens is 2. The van der Waals surface area contributed by atoms with Gasteiger partial charge in [-0.15, -0.1) is 0 Å². The van der Waals surface area contributed by atoms with Crippen LogP contribution in [0.4, 0.5) is 0 Å². The quantitative estimate of drug-likeness (QED) is 0.887. The lowest BCUT2D eigenvalue weighted by Crippen LogP contribution is -2.24. The molecule has 0 aliphatic rings. The normalized spacial score (nSPS) is 12.4. The van der Waals surface area contributed by atoms with Crippen molar-refractivity contribution in [3.05, 3.63) is 46.8 Å². The second-order valence-corrected chi connectivity index (χ2v) is 5.27. The second kappa shape index (κ2) is 6.76. The fraction of sp³-hybridized carbons (Fsp3) is 0.471. The first kappa shape index (κ1) is 15.6. The molecule has 21 heavy (non-hydrogen) atoms. The Morgan fingerprint density at radius 2 is 2.05 bits per heavy atom. The smallest absolute Gasteiger partial charge is 0.124 e. The summed E-state index contributed by atoms with van der Waals surface area (Å²) in [6.07, 6.45) is 0.942. The maximum absolute atomic E-state index is 5.55. The molecule has 2 rings (SSSR count). The summed E-state index contributed by atoms with van der Waals surface area (Å²) in [5, 5.41) is 8.13. The fourth-order valence-electron chi connectivity index (χ4n) is 2.64. The highest BCUT2D eigenvalue weighted by Gasteiger charge is 2.21. The lowest BCUT2D eigenvalue weighted by Gasteiger charge is -2.21. The maximum atomic E-state index is 5.55. The molecule has 0 aliphatic heterocycles. The first-order valence-electron chi connectivity index (χ1n) is 7.51. The topological polar surface area (TPSA) is 39.1 Å². The Morgan fingerprint density at radius 3 is 2.62 bits per heavy atom. The number of nitrogens with zero attached hydrogens (tertiary/aromatic N) is 2. The molecule has 4 heteroatoms. The van der Waals surface area contributed by atoms with E-state index in [9.17, 15) is 0 Å². The van der Waals surface area contributed by atoms with Crippen molar-refractivity contribution >= 4 is 0 Å². The number of nitrogens with one attached hydrogen (secondary N) is 1. The lowest BCUT2D eigenvalue weighted by molar-refractivity contribution is 0.402. The van der Waals surface area contributed by atoms with Crippen LogP contribution in [0, 0.1) is 6.92 Å². The number of benzene rings is 1. The van der Waals surface area contributed by atoms with Crippen LogP contribution in [-0.4, -0.2) is 23.4 Å². The Kier molecular flexibility index (Phi) is 5.02. The molecule has 0 saturated heterocycles. The minimum Gasteiger partial charge on any atom is -0.496 e. The van der Waals surface area contributed by atoms with Crippen LogP contribution in [0.15, 0.2) is 24.3 Å². The zero-order valence-electron chi connectivity index (χ0n) is 13.6.